The van der Waals surface area contributed by atoms with Gasteiger partial charge in [0.05, 0.1) is 0 Å². The predicted octanol–water partition coefficient (Wildman–Crippen LogP) is 1.11. The van der Waals surface area contributed by atoms with E-state index in [1.807, 2.05) is 0 Å². The average molecular weight is 158 g/mol. The van der Waals surface area contributed by atoms with Crippen LogP contribution in [-0.4, -0.2) is 11.0 Å². The molecule has 0 bridgehead atoms. The first-order valence-corrected chi connectivity index (χ1v) is 4.43. The van der Waals surface area contributed by atoms with Crippen LogP contribution in [-0.2, 0) is 9.09 Å². The van der Waals surface area contributed by atoms with Crippen LogP contribution < -0.4 is 0 Å². The van der Waals surface area contributed by atoms with Gasteiger partial charge in [0.1, 0.15) is 6.10 Å². The minimum atomic E-state index is -3.48. The Labute approximate surface area is 59.2 Å². The lowest BCUT2D eigenvalue weighted by molar-refractivity contribution is 0.221. The third-order valence-electron chi connectivity index (χ3n) is 1.11. The maximum Gasteiger partial charge on any atom is 0.352 e. The topological polar surface area (TPSA) is 46.5 Å². The summed E-state index contributed by atoms with van der Waals surface area (Å²) in [4.78, 5) is 8.83. The molecule has 0 aromatic heterocycles. The van der Waals surface area contributed by atoms with Crippen LogP contribution >= 0.6 is 7.60 Å². The highest BCUT2D eigenvalue weighted by Crippen LogP contribution is 2.47. The Morgan fingerprint density at radius 3 is 3.00 bits per heavy atom. The van der Waals surface area contributed by atoms with Gasteiger partial charge in [-0.25, -0.2) is 0 Å². The molecule has 1 heterocycles. The van der Waals surface area contributed by atoms with Crippen molar-refractivity contribution < 1.29 is 14.0 Å². The quantitative estimate of drug-likeness (QED) is 0.424. The first kappa shape index (κ1) is 7.56. The van der Waals surface area contributed by atoms with Crippen molar-refractivity contribution in [1.29, 1.82) is 0 Å². The van der Waals surface area contributed by atoms with Crippen LogP contribution in [0.1, 0.15) is 6.42 Å². The molecule has 1 rings (SSSR count). The summed E-state index contributed by atoms with van der Waals surface area (Å²) in [6.07, 6.45) is 6.52. The molecule has 1 aliphatic rings. The Kier molecular flexibility index (Phi) is 1.96. The highest BCUT2D eigenvalue weighted by Gasteiger charge is 2.23. The van der Waals surface area contributed by atoms with E-state index in [2.05, 4.69) is 10.4 Å². The lowest BCUT2D eigenvalue weighted by Crippen LogP contribution is -2.09. The van der Waals surface area contributed by atoms with Gasteiger partial charge in [-0.05, 0) is 0 Å². The molecule has 2 unspecified atom stereocenters. The van der Waals surface area contributed by atoms with Crippen LogP contribution in [0.15, 0.2) is 11.9 Å². The van der Waals surface area contributed by atoms with E-state index in [1.165, 1.54) is 0 Å². The maximum absolute atomic E-state index is 10.8. The van der Waals surface area contributed by atoms with Crippen molar-refractivity contribution in [1.82, 2.24) is 0 Å². The normalized spacial score (nSPS) is 39.0. The third kappa shape index (κ3) is 1.71. The van der Waals surface area contributed by atoms with Crippen molar-refractivity contribution in [2.45, 2.75) is 12.5 Å². The number of hydrogen-bond donors (Lipinski definition) is 1. The van der Waals surface area contributed by atoms with Gasteiger partial charge in [-0.2, -0.15) is 0 Å². The van der Waals surface area contributed by atoms with Crippen molar-refractivity contribution >= 4 is 7.60 Å². The highest BCUT2D eigenvalue weighted by atomic mass is 31.2. The Morgan fingerprint density at radius 2 is 2.60 bits per heavy atom. The molecule has 2 atom stereocenters. The second-order valence-corrected chi connectivity index (χ2v) is 3.58. The molecule has 0 amide bonds. The fraction of sp³-hybridized carbons (Fsp3) is 0.333. The van der Waals surface area contributed by atoms with Gasteiger partial charge in [-0.15, -0.1) is 6.42 Å². The van der Waals surface area contributed by atoms with Crippen LogP contribution in [0.4, 0.5) is 0 Å². The molecular formula is C6H7O3P. The van der Waals surface area contributed by atoms with Gasteiger partial charge in [-0.3, -0.25) is 9.09 Å². The van der Waals surface area contributed by atoms with Crippen LogP contribution in [0.5, 0.6) is 0 Å². The summed E-state index contributed by atoms with van der Waals surface area (Å²) >= 11 is 0. The summed E-state index contributed by atoms with van der Waals surface area (Å²) in [5, 5.41) is 0. The minimum Gasteiger partial charge on any atom is -0.321 e. The maximum atomic E-state index is 10.8. The van der Waals surface area contributed by atoms with Crippen LogP contribution in [0.25, 0.3) is 0 Å². The van der Waals surface area contributed by atoms with Gasteiger partial charge in [0.25, 0.3) is 0 Å². The Morgan fingerprint density at radius 1 is 1.90 bits per heavy atom. The van der Waals surface area contributed by atoms with Crippen LogP contribution in [0.2, 0.25) is 0 Å². The van der Waals surface area contributed by atoms with E-state index in [1.54, 1.807) is 6.08 Å². The summed E-state index contributed by atoms with van der Waals surface area (Å²) in [5.41, 5.74) is 0. The van der Waals surface area contributed by atoms with Crippen LogP contribution in [0.3, 0.4) is 0 Å². The van der Waals surface area contributed by atoms with E-state index < -0.39 is 13.7 Å². The Balaban J connectivity index is 2.75. The lowest BCUT2D eigenvalue weighted by Gasteiger charge is -2.16. The zero-order valence-corrected chi connectivity index (χ0v) is 6.12. The zero-order valence-electron chi connectivity index (χ0n) is 5.23. The molecule has 1 aliphatic heterocycles. The summed E-state index contributed by atoms with van der Waals surface area (Å²) in [5.74, 6) is 3.41. The van der Waals surface area contributed by atoms with Crippen molar-refractivity contribution in [3.8, 4) is 12.3 Å². The van der Waals surface area contributed by atoms with Gasteiger partial charge in [0, 0.05) is 12.2 Å². The summed E-state index contributed by atoms with van der Waals surface area (Å²) in [6.45, 7) is 0. The molecule has 0 aromatic rings. The largest absolute Gasteiger partial charge is 0.352 e. The first-order valence-electron chi connectivity index (χ1n) is 2.79. The van der Waals surface area contributed by atoms with E-state index in [0.29, 0.717) is 6.42 Å². The number of rotatable bonds is 0. The molecule has 0 saturated carbocycles. The van der Waals surface area contributed by atoms with Gasteiger partial charge in [0.2, 0.25) is 0 Å². The molecule has 4 heteroatoms. The molecule has 1 N–H and O–H groups in total. The number of hydrogen-bond acceptors (Lipinski definition) is 2. The molecule has 10 heavy (non-hydrogen) atoms. The number of terminal acetylenes is 1. The summed E-state index contributed by atoms with van der Waals surface area (Å²) in [6, 6.07) is 0. The smallest absolute Gasteiger partial charge is 0.321 e. The molecule has 54 valence electrons. The Bertz CT molecular complexity index is 238. The molecule has 0 spiro atoms. The summed E-state index contributed by atoms with van der Waals surface area (Å²) < 4.78 is 15.4. The lowest BCUT2D eigenvalue weighted by atomic mass is 10.3. The SMILES string of the molecule is C#CC1CC=CP(=O)(O)O1. The molecule has 0 aromatic carbocycles. The van der Waals surface area contributed by atoms with Crippen LogP contribution in [0, 0.1) is 12.3 Å². The van der Waals surface area contributed by atoms with E-state index in [9.17, 15) is 4.57 Å². The average Bonchev–Trinajstić information content (AvgIpc) is 1.86. The second-order valence-electron chi connectivity index (χ2n) is 1.95. The monoisotopic (exact) mass is 158 g/mol. The molecule has 0 saturated heterocycles. The minimum absolute atomic E-state index is 0.515. The highest BCUT2D eigenvalue weighted by molar-refractivity contribution is 7.56. The van der Waals surface area contributed by atoms with Crippen molar-refractivity contribution in [2.75, 3.05) is 0 Å². The molecule has 0 radical (unpaired) electrons. The van der Waals surface area contributed by atoms with Crippen molar-refractivity contribution in [3.05, 3.63) is 11.9 Å². The first-order chi connectivity index (χ1) is 4.64. The summed E-state index contributed by atoms with van der Waals surface area (Å²) in [7, 11) is -3.48. The van der Waals surface area contributed by atoms with E-state index in [0.717, 1.165) is 5.82 Å². The molecule has 0 aliphatic carbocycles. The van der Waals surface area contributed by atoms with E-state index in [-0.39, 0.29) is 0 Å². The van der Waals surface area contributed by atoms with Gasteiger partial charge >= 0.3 is 7.60 Å². The van der Waals surface area contributed by atoms with E-state index >= 15 is 0 Å². The predicted molar refractivity (Wildman–Crippen MR) is 37.3 cm³/mol. The van der Waals surface area contributed by atoms with Gasteiger partial charge in [0.15, 0.2) is 0 Å². The third-order valence-corrected chi connectivity index (χ3v) is 2.25. The molecule has 3 nitrogen and oxygen atoms in total. The standard InChI is InChI=1S/C6H7O3P/c1-2-6-4-3-5-10(7,8)9-6/h1,3,5-6H,4H2,(H,7,8). The van der Waals surface area contributed by atoms with Gasteiger partial charge < -0.3 is 4.89 Å². The van der Waals surface area contributed by atoms with E-state index in [4.69, 9.17) is 11.3 Å². The fourth-order valence-electron chi connectivity index (χ4n) is 0.677. The zero-order chi connectivity index (χ0) is 7.61. The fourth-order valence-corrected chi connectivity index (χ4v) is 1.65. The molecule has 0 fully saturated rings. The molecular weight excluding hydrogens is 151 g/mol. The Hall–Kier alpha value is -0.550. The van der Waals surface area contributed by atoms with Crippen molar-refractivity contribution in [3.63, 3.8) is 0 Å². The van der Waals surface area contributed by atoms with Gasteiger partial charge in [-0.1, -0.05) is 12.0 Å². The second kappa shape index (κ2) is 2.59. The van der Waals surface area contributed by atoms with Crippen molar-refractivity contribution in [2.24, 2.45) is 0 Å².